The lowest BCUT2D eigenvalue weighted by atomic mass is 10.1. The molecule has 3 aromatic heterocycles. The van der Waals surface area contributed by atoms with Gasteiger partial charge in [-0.3, -0.25) is 0 Å². The molecule has 0 aromatic carbocycles. The average molecular weight is 301 g/mol. The maximum absolute atomic E-state index is 14.0. The monoisotopic (exact) mass is 300 g/mol. The second-order valence-corrected chi connectivity index (χ2v) is 4.91. The molecule has 0 atom stereocenters. The molecule has 3 rings (SSSR count). The van der Waals surface area contributed by atoms with Crippen molar-refractivity contribution in [1.29, 1.82) is 0 Å². The van der Waals surface area contributed by atoms with Crippen LogP contribution in [-0.2, 0) is 7.05 Å². The minimum atomic E-state index is -0.596. The highest BCUT2D eigenvalue weighted by molar-refractivity contribution is 7.22. The molecular formula is C10H10ClFN6S. The summed E-state index contributed by atoms with van der Waals surface area (Å²) in [5, 5.41) is 8.12. The number of fused-ring (bicyclic) bond motifs is 1. The lowest BCUT2D eigenvalue weighted by Gasteiger charge is -2.03. The number of rotatable bonds is 1. The minimum absolute atomic E-state index is 0. The van der Waals surface area contributed by atoms with E-state index in [1.807, 2.05) is 0 Å². The summed E-state index contributed by atoms with van der Waals surface area (Å²) in [5.41, 5.74) is 7.52. The van der Waals surface area contributed by atoms with Crippen LogP contribution in [0.5, 0.6) is 0 Å². The number of anilines is 1. The Bertz CT molecular complexity index is 732. The van der Waals surface area contributed by atoms with Gasteiger partial charge < -0.3 is 5.73 Å². The van der Waals surface area contributed by atoms with Crippen molar-refractivity contribution in [3.8, 4) is 11.3 Å². The van der Waals surface area contributed by atoms with Crippen LogP contribution >= 0.6 is 23.7 Å². The summed E-state index contributed by atoms with van der Waals surface area (Å²) < 4.78 is 16.3. The van der Waals surface area contributed by atoms with Crippen molar-refractivity contribution in [2.24, 2.45) is 7.05 Å². The normalized spacial score (nSPS) is 10.7. The zero-order valence-electron chi connectivity index (χ0n) is 10.1. The molecule has 0 saturated carbocycles. The quantitative estimate of drug-likeness (QED) is 0.694. The number of nitrogen functional groups attached to an aromatic ring is 1. The topological polar surface area (TPSA) is 82.5 Å². The van der Waals surface area contributed by atoms with E-state index < -0.39 is 5.95 Å². The first-order valence-corrected chi connectivity index (χ1v) is 5.97. The first kappa shape index (κ1) is 13.6. The number of nitrogens with two attached hydrogens (primary N) is 1. The Hall–Kier alpha value is -1.80. The number of aromatic nitrogens is 5. The summed E-state index contributed by atoms with van der Waals surface area (Å²) in [6.07, 6.45) is 0. The molecule has 100 valence electrons. The highest BCUT2D eigenvalue weighted by Crippen LogP contribution is 2.30. The van der Waals surface area contributed by atoms with Crippen LogP contribution in [0, 0.1) is 12.9 Å². The fraction of sp³-hybridized carbons (Fsp3) is 0.200. The molecule has 0 saturated heterocycles. The summed E-state index contributed by atoms with van der Waals surface area (Å²) in [6, 6.07) is 1.68. The molecule has 0 aliphatic rings. The first-order chi connectivity index (χ1) is 8.56. The Kier molecular flexibility index (Phi) is 3.38. The largest absolute Gasteiger partial charge is 0.375 e. The lowest BCUT2D eigenvalue weighted by molar-refractivity contribution is 0.589. The Morgan fingerprint density at radius 1 is 1.37 bits per heavy atom. The first-order valence-electron chi connectivity index (χ1n) is 5.15. The minimum Gasteiger partial charge on any atom is -0.375 e. The van der Waals surface area contributed by atoms with Gasteiger partial charge in [-0.05, 0) is 13.0 Å². The maximum atomic E-state index is 14.0. The van der Waals surface area contributed by atoms with Crippen LogP contribution in [0.4, 0.5) is 9.52 Å². The van der Waals surface area contributed by atoms with Crippen LogP contribution < -0.4 is 5.73 Å². The van der Waals surface area contributed by atoms with Crippen LogP contribution in [0.1, 0.15) is 5.69 Å². The molecular weight excluding hydrogens is 291 g/mol. The SMILES string of the molecule is Cc1nnn(C)c1-c1cc2sc(N)nc2nc1F.Cl. The fourth-order valence-corrected chi connectivity index (χ4v) is 2.57. The summed E-state index contributed by atoms with van der Waals surface area (Å²) in [7, 11) is 1.71. The summed E-state index contributed by atoms with van der Waals surface area (Å²) >= 11 is 1.27. The van der Waals surface area contributed by atoms with Crippen molar-refractivity contribution in [1.82, 2.24) is 25.0 Å². The Morgan fingerprint density at radius 2 is 2.11 bits per heavy atom. The van der Waals surface area contributed by atoms with Gasteiger partial charge in [-0.2, -0.15) is 9.37 Å². The van der Waals surface area contributed by atoms with Gasteiger partial charge in [0.1, 0.15) is 0 Å². The van der Waals surface area contributed by atoms with Crippen molar-refractivity contribution < 1.29 is 4.39 Å². The molecule has 6 nitrogen and oxygen atoms in total. The molecule has 0 unspecified atom stereocenters. The highest BCUT2D eigenvalue weighted by Gasteiger charge is 2.17. The van der Waals surface area contributed by atoms with Gasteiger partial charge >= 0.3 is 0 Å². The number of pyridine rings is 1. The van der Waals surface area contributed by atoms with E-state index in [4.69, 9.17) is 5.73 Å². The number of hydrogen-bond acceptors (Lipinski definition) is 6. The number of nitrogens with zero attached hydrogens (tertiary/aromatic N) is 5. The van der Waals surface area contributed by atoms with Gasteiger partial charge in [-0.1, -0.05) is 16.6 Å². The molecule has 0 spiro atoms. The molecule has 9 heteroatoms. The molecule has 3 aromatic rings. The average Bonchev–Trinajstić information content (AvgIpc) is 2.80. The van der Waals surface area contributed by atoms with E-state index in [0.717, 1.165) is 4.70 Å². The van der Waals surface area contributed by atoms with Crippen molar-refractivity contribution >= 4 is 39.2 Å². The zero-order valence-corrected chi connectivity index (χ0v) is 11.7. The predicted octanol–water partition coefficient (Wildman–Crippen LogP) is 1.94. The second-order valence-electron chi connectivity index (χ2n) is 3.85. The van der Waals surface area contributed by atoms with Crippen LogP contribution in [0.25, 0.3) is 21.6 Å². The van der Waals surface area contributed by atoms with E-state index in [9.17, 15) is 4.39 Å². The molecule has 19 heavy (non-hydrogen) atoms. The highest BCUT2D eigenvalue weighted by atomic mass is 35.5. The van der Waals surface area contributed by atoms with Gasteiger partial charge in [-0.25, -0.2) is 9.67 Å². The maximum Gasteiger partial charge on any atom is 0.224 e. The molecule has 0 aliphatic heterocycles. The van der Waals surface area contributed by atoms with Gasteiger partial charge in [0.15, 0.2) is 10.8 Å². The predicted molar refractivity (Wildman–Crippen MR) is 73.8 cm³/mol. The van der Waals surface area contributed by atoms with Gasteiger partial charge in [0, 0.05) is 7.05 Å². The van der Waals surface area contributed by atoms with E-state index in [-0.39, 0.29) is 12.4 Å². The van der Waals surface area contributed by atoms with Crippen LogP contribution in [0.15, 0.2) is 6.07 Å². The van der Waals surface area contributed by atoms with E-state index >= 15 is 0 Å². The molecule has 0 radical (unpaired) electrons. The standard InChI is InChI=1S/C10H9FN6S.ClH/c1-4-7(17(2)16-15-4)5-3-6-9(13-8(5)11)14-10(12)18-6;/h3H,1-2H3,(H2,12,13,14);1H. The Labute approximate surface area is 117 Å². The molecule has 0 aliphatic carbocycles. The summed E-state index contributed by atoms with van der Waals surface area (Å²) in [6.45, 7) is 1.77. The lowest BCUT2D eigenvalue weighted by Crippen LogP contribution is -1.98. The number of hydrogen-bond donors (Lipinski definition) is 1. The van der Waals surface area contributed by atoms with E-state index in [1.165, 1.54) is 16.0 Å². The van der Waals surface area contributed by atoms with Crippen LogP contribution in [0.2, 0.25) is 0 Å². The van der Waals surface area contributed by atoms with E-state index in [0.29, 0.717) is 27.7 Å². The fourth-order valence-electron chi connectivity index (χ4n) is 1.85. The van der Waals surface area contributed by atoms with Crippen molar-refractivity contribution in [2.75, 3.05) is 5.73 Å². The zero-order chi connectivity index (χ0) is 12.9. The van der Waals surface area contributed by atoms with Gasteiger partial charge in [0.2, 0.25) is 5.95 Å². The van der Waals surface area contributed by atoms with E-state index in [1.54, 1.807) is 20.0 Å². The van der Waals surface area contributed by atoms with Crippen molar-refractivity contribution in [3.63, 3.8) is 0 Å². The number of aryl methyl sites for hydroxylation is 2. The van der Waals surface area contributed by atoms with Gasteiger partial charge in [0.25, 0.3) is 0 Å². The van der Waals surface area contributed by atoms with Crippen LogP contribution in [-0.4, -0.2) is 25.0 Å². The second kappa shape index (κ2) is 4.71. The molecule has 2 N–H and O–H groups in total. The summed E-state index contributed by atoms with van der Waals surface area (Å²) in [5.74, 6) is -0.596. The number of thiazole rings is 1. The van der Waals surface area contributed by atoms with E-state index in [2.05, 4.69) is 20.3 Å². The van der Waals surface area contributed by atoms with Crippen molar-refractivity contribution in [2.45, 2.75) is 6.92 Å². The third-order valence-electron chi connectivity index (χ3n) is 2.60. The van der Waals surface area contributed by atoms with Crippen LogP contribution in [0.3, 0.4) is 0 Å². The third kappa shape index (κ3) is 2.13. The van der Waals surface area contributed by atoms with Gasteiger partial charge in [-0.15, -0.1) is 17.5 Å². The molecule has 3 heterocycles. The summed E-state index contributed by atoms with van der Waals surface area (Å²) in [4.78, 5) is 7.77. The van der Waals surface area contributed by atoms with Gasteiger partial charge in [0.05, 0.1) is 21.7 Å². The smallest absolute Gasteiger partial charge is 0.224 e. The number of halogens is 2. The molecule has 0 bridgehead atoms. The Morgan fingerprint density at radius 3 is 2.74 bits per heavy atom. The molecule has 0 amide bonds. The molecule has 0 fully saturated rings. The third-order valence-corrected chi connectivity index (χ3v) is 3.42. The van der Waals surface area contributed by atoms with Crippen molar-refractivity contribution in [3.05, 3.63) is 17.7 Å². The Balaban J connectivity index is 0.00000133.